The molecule has 2 aliphatic rings. The fourth-order valence-electron chi connectivity index (χ4n) is 3.91. The highest BCUT2D eigenvalue weighted by Crippen LogP contribution is 2.32. The molecule has 3 amide bonds. The lowest BCUT2D eigenvalue weighted by molar-refractivity contribution is -0.146. The van der Waals surface area contributed by atoms with E-state index in [4.69, 9.17) is 4.74 Å². The third kappa shape index (κ3) is 4.66. The zero-order chi connectivity index (χ0) is 21.0. The van der Waals surface area contributed by atoms with Gasteiger partial charge < -0.3 is 10.1 Å². The number of hydrogen-bond donors (Lipinski definition) is 1. The topological polar surface area (TPSA) is 92.8 Å². The first kappa shape index (κ1) is 21.0. The van der Waals surface area contributed by atoms with Gasteiger partial charge in [-0.05, 0) is 37.7 Å². The highest BCUT2D eigenvalue weighted by atomic mass is 16.5. The van der Waals surface area contributed by atoms with E-state index in [9.17, 15) is 19.2 Å². The van der Waals surface area contributed by atoms with Gasteiger partial charge in [0.1, 0.15) is 12.1 Å². The van der Waals surface area contributed by atoms with Crippen LogP contribution in [0.2, 0.25) is 0 Å². The van der Waals surface area contributed by atoms with E-state index in [-0.39, 0.29) is 5.78 Å². The molecule has 7 heteroatoms. The Kier molecular flexibility index (Phi) is 6.35. The van der Waals surface area contributed by atoms with Crippen molar-refractivity contribution in [2.24, 2.45) is 0 Å². The average Bonchev–Trinajstić information content (AvgIpc) is 2.96. The molecule has 2 fully saturated rings. The van der Waals surface area contributed by atoms with Crippen molar-refractivity contribution in [1.29, 1.82) is 0 Å². The molecule has 1 saturated carbocycles. The second-order valence-corrected chi connectivity index (χ2v) is 8.05. The number of carbonyl (C=O) groups is 4. The Balaban J connectivity index is 1.50. The van der Waals surface area contributed by atoms with Crippen LogP contribution >= 0.6 is 0 Å². The molecule has 0 bridgehead atoms. The van der Waals surface area contributed by atoms with Crippen molar-refractivity contribution >= 4 is 23.7 Å². The van der Waals surface area contributed by atoms with Crippen LogP contribution in [0.1, 0.15) is 74.2 Å². The SMILES string of the molecule is CC[C@]1(C)NC(=O)N(CC(=O)OCC(=O)c2ccc(C3CCCCC3)cc2)C1=O. The third-order valence-electron chi connectivity index (χ3n) is 6.01. The maximum absolute atomic E-state index is 12.3. The molecule has 1 saturated heterocycles. The number of Topliss-reactive ketones (excluding diaryl/α,β-unsaturated/α-hetero) is 1. The number of hydrogen-bond acceptors (Lipinski definition) is 5. The Morgan fingerprint density at radius 3 is 2.38 bits per heavy atom. The van der Waals surface area contributed by atoms with Gasteiger partial charge in [-0.25, -0.2) is 4.79 Å². The van der Waals surface area contributed by atoms with Crippen LogP contribution in [0.4, 0.5) is 4.79 Å². The van der Waals surface area contributed by atoms with Gasteiger partial charge in [0.25, 0.3) is 5.91 Å². The van der Waals surface area contributed by atoms with Gasteiger partial charge in [-0.2, -0.15) is 0 Å². The molecule has 1 aromatic carbocycles. The van der Waals surface area contributed by atoms with Gasteiger partial charge in [0.2, 0.25) is 0 Å². The van der Waals surface area contributed by atoms with Crippen LogP contribution in [0.5, 0.6) is 0 Å². The largest absolute Gasteiger partial charge is 0.456 e. The molecule has 3 rings (SSSR count). The van der Waals surface area contributed by atoms with Gasteiger partial charge in [0.05, 0.1) is 0 Å². The molecule has 156 valence electrons. The minimum atomic E-state index is -1.01. The van der Waals surface area contributed by atoms with E-state index < -0.39 is 36.6 Å². The van der Waals surface area contributed by atoms with Gasteiger partial charge >= 0.3 is 12.0 Å². The maximum atomic E-state index is 12.3. The van der Waals surface area contributed by atoms with Gasteiger partial charge in [-0.3, -0.25) is 19.3 Å². The molecule has 0 spiro atoms. The van der Waals surface area contributed by atoms with Crippen LogP contribution in [0, 0.1) is 0 Å². The molecule has 1 aromatic rings. The van der Waals surface area contributed by atoms with Gasteiger partial charge in [-0.15, -0.1) is 0 Å². The summed E-state index contributed by atoms with van der Waals surface area (Å²) >= 11 is 0. The number of urea groups is 1. The maximum Gasteiger partial charge on any atom is 0.326 e. The summed E-state index contributed by atoms with van der Waals surface area (Å²) in [5.74, 6) is -1.01. The summed E-state index contributed by atoms with van der Waals surface area (Å²) in [6.45, 7) is 2.46. The predicted molar refractivity (Wildman–Crippen MR) is 106 cm³/mol. The first-order valence-corrected chi connectivity index (χ1v) is 10.3. The molecule has 1 N–H and O–H groups in total. The van der Waals surface area contributed by atoms with Crippen LogP contribution < -0.4 is 5.32 Å². The van der Waals surface area contributed by atoms with Crippen molar-refractivity contribution in [3.63, 3.8) is 0 Å². The number of ketones is 1. The molecule has 0 aromatic heterocycles. The number of nitrogens with one attached hydrogen (secondary N) is 1. The number of esters is 1. The zero-order valence-electron chi connectivity index (χ0n) is 17.0. The summed E-state index contributed by atoms with van der Waals surface area (Å²) < 4.78 is 5.00. The molecule has 7 nitrogen and oxygen atoms in total. The van der Waals surface area contributed by atoms with Crippen molar-refractivity contribution in [1.82, 2.24) is 10.2 Å². The van der Waals surface area contributed by atoms with Crippen molar-refractivity contribution < 1.29 is 23.9 Å². The molecule has 1 aliphatic carbocycles. The van der Waals surface area contributed by atoms with E-state index in [1.54, 1.807) is 26.0 Å². The Morgan fingerprint density at radius 2 is 1.79 bits per heavy atom. The average molecular weight is 400 g/mol. The van der Waals surface area contributed by atoms with Gasteiger partial charge in [0, 0.05) is 5.56 Å². The van der Waals surface area contributed by atoms with Crippen LogP contribution in [-0.4, -0.2) is 47.3 Å². The number of amides is 3. The number of rotatable bonds is 7. The molecule has 0 radical (unpaired) electrons. The molecule has 0 unspecified atom stereocenters. The van der Waals surface area contributed by atoms with E-state index in [2.05, 4.69) is 5.32 Å². The monoisotopic (exact) mass is 400 g/mol. The van der Waals surface area contributed by atoms with Crippen molar-refractivity contribution in [2.45, 2.75) is 63.8 Å². The van der Waals surface area contributed by atoms with E-state index in [1.807, 2.05) is 12.1 Å². The van der Waals surface area contributed by atoms with E-state index in [0.29, 0.717) is 17.9 Å². The smallest absolute Gasteiger partial charge is 0.326 e. The number of carbonyl (C=O) groups excluding carboxylic acids is 4. The summed E-state index contributed by atoms with van der Waals surface area (Å²) in [6.07, 6.45) is 6.57. The number of benzene rings is 1. The van der Waals surface area contributed by atoms with Crippen LogP contribution in [0.15, 0.2) is 24.3 Å². The van der Waals surface area contributed by atoms with Crippen molar-refractivity contribution in [3.8, 4) is 0 Å². The highest BCUT2D eigenvalue weighted by Gasteiger charge is 2.47. The number of nitrogens with zero attached hydrogens (tertiary/aromatic N) is 1. The summed E-state index contributed by atoms with van der Waals surface area (Å²) in [7, 11) is 0. The minimum absolute atomic E-state index is 0.316. The van der Waals surface area contributed by atoms with Gasteiger partial charge in [-0.1, -0.05) is 50.5 Å². The van der Waals surface area contributed by atoms with Crippen LogP contribution in [0.3, 0.4) is 0 Å². The quantitative estimate of drug-likeness (QED) is 0.431. The van der Waals surface area contributed by atoms with Crippen LogP contribution in [-0.2, 0) is 14.3 Å². The Labute approximate surface area is 170 Å². The minimum Gasteiger partial charge on any atom is -0.456 e. The van der Waals surface area contributed by atoms with Gasteiger partial charge in [0.15, 0.2) is 12.4 Å². The predicted octanol–water partition coefficient (Wildman–Crippen LogP) is 3.18. The second-order valence-electron chi connectivity index (χ2n) is 8.05. The number of ether oxygens (including phenoxy) is 1. The Morgan fingerprint density at radius 1 is 1.14 bits per heavy atom. The summed E-state index contributed by atoms with van der Waals surface area (Å²) in [6, 6.07) is 6.86. The molecular weight excluding hydrogens is 372 g/mol. The summed E-state index contributed by atoms with van der Waals surface area (Å²) in [5.41, 5.74) is 0.717. The number of imide groups is 1. The molecule has 1 aliphatic heterocycles. The lowest BCUT2D eigenvalue weighted by Crippen LogP contribution is -2.43. The van der Waals surface area contributed by atoms with E-state index >= 15 is 0 Å². The molecular formula is C22H28N2O5. The standard InChI is InChI=1S/C22H28N2O5/c1-3-22(2)20(27)24(21(28)23-22)13-19(26)29-14-18(25)17-11-9-16(10-12-17)15-7-5-4-6-8-15/h9-12,15H,3-8,13-14H2,1-2H3,(H,23,28)/t22-/m0/s1. The zero-order valence-corrected chi connectivity index (χ0v) is 17.0. The lowest BCUT2D eigenvalue weighted by atomic mass is 9.84. The fourth-order valence-corrected chi connectivity index (χ4v) is 3.91. The van der Waals surface area contributed by atoms with Crippen LogP contribution in [0.25, 0.3) is 0 Å². The normalized spacial score (nSPS) is 22.5. The first-order chi connectivity index (χ1) is 13.8. The Hall–Kier alpha value is -2.70. The van der Waals surface area contributed by atoms with Crippen molar-refractivity contribution in [2.75, 3.05) is 13.2 Å². The third-order valence-corrected chi connectivity index (χ3v) is 6.01. The molecule has 1 heterocycles. The van der Waals surface area contributed by atoms with Crippen molar-refractivity contribution in [3.05, 3.63) is 35.4 Å². The molecule has 29 heavy (non-hydrogen) atoms. The van der Waals surface area contributed by atoms with E-state index in [0.717, 1.165) is 4.90 Å². The summed E-state index contributed by atoms with van der Waals surface area (Å²) in [4.78, 5) is 49.4. The summed E-state index contributed by atoms with van der Waals surface area (Å²) in [5, 5.41) is 2.57. The first-order valence-electron chi connectivity index (χ1n) is 10.3. The second kappa shape index (κ2) is 8.76. The molecule has 1 atom stereocenters. The lowest BCUT2D eigenvalue weighted by Gasteiger charge is -2.22. The highest BCUT2D eigenvalue weighted by molar-refractivity contribution is 6.08. The fraction of sp³-hybridized carbons (Fsp3) is 0.545. The Bertz CT molecular complexity index is 798. The van der Waals surface area contributed by atoms with E-state index in [1.165, 1.54) is 37.7 Å².